The van der Waals surface area contributed by atoms with Gasteiger partial charge in [-0.25, -0.2) is 13.1 Å². The number of rotatable bonds is 9. The van der Waals surface area contributed by atoms with Gasteiger partial charge in [-0.1, -0.05) is 17.7 Å². The third-order valence-electron chi connectivity index (χ3n) is 4.35. The number of hydrogen-bond donors (Lipinski definition) is 3. The van der Waals surface area contributed by atoms with E-state index >= 15 is 0 Å². The molecule has 0 radical (unpaired) electrons. The van der Waals surface area contributed by atoms with Gasteiger partial charge >= 0.3 is 0 Å². The van der Waals surface area contributed by atoms with Gasteiger partial charge in [0.15, 0.2) is 5.96 Å². The van der Waals surface area contributed by atoms with Crippen LogP contribution in [0.5, 0.6) is 0 Å². The first-order valence-corrected chi connectivity index (χ1v) is 11.5. The van der Waals surface area contributed by atoms with Crippen LogP contribution in [-0.2, 0) is 10.0 Å². The van der Waals surface area contributed by atoms with Crippen LogP contribution in [0.15, 0.2) is 29.3 Å². The molecule has 1 heterocycles. The van der Waals surface area contributed by atoms with Crippen molar-refractivity contribution in [3.05, 3.63) is 29.3 Å². The van der Waals surface area contributed by atoms with Crippen molar-refractivity contribution in [3.63, 3.8) is 0 Å². The number of guanidine groups is 1. The van der Waals surface area contributed by atoms with Crippen LogP contribution >= 0.6 is 11.6 Å². The molecule has 1 aromatic carbocycles. The van der Waals surface area contributed by atoms with Gasteiger partial charge in [0, 0.05) is 49.5 Å². The lowest BCUT2D eigenvalue weighted by atomic mass is 10.2. The van der Waals surface area contributed by atoms with E-state index in [-0.39, 0.29) is 5.75 Å². The maximum absolute atomic E-state index is 11.4. The first-order chi connectivity index (χ1) is 12.9. The summed E-state index contributed by atoms with van der Waals surface area (Å²) >= 11 is 6.09. The van der Waals surface area contributed by atoms with Crippen LogP contribution < -0.4 is 20.3 Å². The van der Waals surface area contributed by atoms with E-state index in [2.05, 4.69) is 31.3 Å². The second-order valence-corrected chi connectivity index (χ2v) is 9.00. The standard InChI is InChI=1S/C18H30ClN5O2S/c1-3-20-18(21-10-6-11-22-27(25,26)4-2)23-16-9-12-24(14-16)17-8-5-7-15(19)13-17/h5,7-8,13,16,22H,3-4,6,9-12,14H2,1-2H3,(H2,20,21,23). The van der Waals surface area contributed by atoms with E-state index in [1.807, 2.05) is 25.1 Å². The first-order valence-electron chi connectivity index (χ1n) is 9.46. The SMILES string of the molecule is CCNC(=NCCCNS(=O)(=O)CC)NC1CCN(c2cccc(Cl)c2)C1. The lowest BCUT2D eigenvalue weighted by Gasteiger charge is -2.20. The fourth-order valence-electron chi connectivity index (χ4n) is 2.90. The highest BCUT2D eigenvalue weighted by Gasteiger charge is 2.23. The Morgan fingerprint density at radius 1 is 1.37 bits per heavy atom. The fourth-order valence-corrected chi connectivity index (χ4v) is 3.74. The number of benzene rings is 1. The highest BCUT2D eigenvalue weighted by Crippen LogP contribution is 2.23. The summed E-state index contributed by atoms with van der Waals surface area (Å²) in [5, 5.41) is 7.47. The highest BCUT2D eigenvalue weighted by atomic mass is 35.5. The lowest BCUT2D eigenvalue weighted by molar-refractivity contribution is 0.580. The molecule has 1 aromatic rings. The molecule has 0 aliphatic carbocycles. The molecule has 0 amide bonds. The summed E-state index contributed by atoms with van der Waals surface area (Å²) in [5.74, 6) is 0.874. The van der Waals surface area contributed by atoms with Crippen molar-refractivity contribution >= 4 is 33.3 Å². The molecule has 1 saturated heterocycles. The van der Waals surface area contributed by atoms with Gasteiger partial charge in [0.1, 0.15) is 0 Å². The molecule has 1 aliphatic rings. The lowest BCUT2D eigenvalue weighted by Crippen LogP contribution is -2.44. The Balaban J connectivity index is 1.81. The molecular formula is C18H30ClN5O2S. The summed E-state index contributed by atoms with van der Waals surface area (Å²) in [4.78, 5) is 6.87. The minimum atomic E-state index is -3.13. The zero-order valence-electron chi connectivity index (χ0n) is 16.0. The molecule has 1 aliphatic heterocycles. The Bertz CT molecular complexity index is 726. The zero-order chi connectivity index (χ0) is 19.7. The van der Waals surface area contributed by atoms with Crippen molar-refractivity contribution in [1.29, 1.82) is 0 Å². The molecule has 152 valence electrons. The van der Waals surface area contributed by atoms with Gasteiger partial charge in [0.05, 0.1) is 5.75 Å². The average molecular weight is 416 g/mol. The summed E-state index contributed by atoms with van der Waals surface area (Å²) in [7, 11) is -3.13. The van der Waals surface area contributed by atoms with Crippen LogP contribution in [-0.4, -0.2) is 58.9 Å². The number of halogens is 1. The number of aliphatic imine (C=N–C) groups is 1. The van der Waals surface area contributed by atoms with Crippen LogP contribution in [0.1, 0.15) is 26.7 Å². The number of sulfonamides is 1. The molecule has 0 saturated carbocycles. The van der Waals surface area contributed by atoms with Crippen molar-refractivity contribution in [2.75, 3.05) is 43.4 Å². The molecule has 1 atom stereocenters. The van der Waals surface area contributed by atoms with E-state index in [0.717, 1.165) is 42.7 Å². The van der Waals surface area contributed by atoms with E-state index in [4.69, 9.17) is 11.6 Å². The number of nitrogens with zero attached hydrogens (tertiary/aromatic N) is 2. The maximum Gasteiger partial charge on any atom is 0.211 e. The monoisotopic (exact) mass is 415 g/mol. The van der Waals surface area contributed by atoms with Crippen LogP contribution in [0.4, 0.5) is 5.69 Å². The normalized spacial score (nSPS) is 18.0. The molecule has 0 spiro atoms. The maximum atomic E-state index is 11.4. The zero-order valence-corrected chi connectivity index (χ0v) is 17.6. The smallest absolute Gasteiger partial charge is 0.211 e. The Labute approximate surface area is 167 Å². The topological polar surface area (TPSA) is 85.8 Å². The molecule has 7 nitrogen and oxygen atoms in total. The van der Waals surface area contributed by atoms with Gasteiger partial charge in [0.2, 0.25) is 10.0 Å². The second kappa shape index (κ2) is 10.7. The molecule has 1 unspecified atom stereocenters. The van der Waals surface area contributed by atoms with Gasteiger partial charge < -0.3 is 15.5 Å². The molecule has 0 aromatic heterocycles. The van der Waals surface area contributed by atoms with E-state index in [1.165, 1.54) is 0 Å². The predicted octanol–water partition coefficient (Wildman–Crippen LogP) is 1.80. The van der Waals surface area contributed by atoms with Gasteiger partial charge in [0.25, 0.3) is 0 Å². The van der Waals surface area contributed by atoms with Crippen molar-refractivity contribution in [1.82, 2.24) is 15.4 Å². The van der Waals surface area contributed by atoms with Gasteiger partial charge in [-0.15, -0.1) is 0 Å². The van der Waals surface area contributed by atoms with Crippen molar-refractivity contribution in [2.45, 2.75) is 32.7 Å². The van der Waals surface area contributed by atoms with E-state index in [0.29, 0.717) is 25.6 Å². The summed E-state index contributed by atoms with van der Waals surface area (Å²) < 4.78 is 25.4. The van der Waals surface area contributed by atoms with E-state index < -0.39 is 10.0 Å². The van der Waals surface area contributed by atoms with Crippen LogP contribution in [0, 0.1) is 0 Å². The predicted molar refractivity (Wildman–Crippen MR) is 113 cm³/mol. The summed E-state index contributed by atoms with van der Waals surface area (Å²) in [6, 6.07) is 8.22. The largest absolute Gasteiger partial charge is 0.369 e. The number of nitrogens with one attached hydrogen (secondary N) is 3. The fraction of sp³-hybridized carbons (Fsp3) is 0.611. The van der Waals surface area contributed by atoms with Gasteiger partial charge in [-0.2, -0.15) is 0 Å². The summed E-state index contributed by atoms with van der Waals surface area (Å²) in [6.45, 7) is 7.26. The Morgan fingerprint density at radius 3 is 2.89 bits per heavy atom. The Hall–Kier alpha value is -1.51. The molecule has 27 heavy (non-hydrogen) atoms. The van der Waals surface area contributed by atoms with E-state index in [9.17, 15) is 8.42 Å². The molecule has 1 fully saturated rings. The van der Waals surface area contributed by atoms with Crippen molar-refractivity contribution in [3.8, 4) is 0 Å². The van der Waals surface area contributed by atoms with Crippen LogP contribution in [0.2, 0.25) is 5.02 Å². The molecular weight excluding hydrogens is 386 g/mol. The molecule has 3 N–H and O–H groups in total. The van der Waals surface area contributed by atoms with Crippen LogP contribution in [0.3, 0.4) is 0 Å². The number of anilines is 1. The average Bonchev–Trinajstić information content (AvgIpc) is 3.10. The summed E-state index contributed by atoms with van der Waals surface area (Å²) in [5.41, 5.74) is 1.14. The minimum absolute atomic E-state index is 0.102. The molecule has 2 rings (SSSR count). The Kier molecular flexibility index (Phi) is 8.66. The molecule has 9 heteroatoms. The minimum Gasteiger partial charge on any atom is -0.369 e. The quantitative estimate of drug-likeness (QED) is 0.325. The Morgan fingerprint density at radius 2 is 2.19 bits per heavy atom. The highest BCUT2D eigenvalue weighted by molar-refractivity contribution is 7.89. The number of hydrogen-bond acceptors (Lipinski definition) is 4. The summed E-state index contributed by atoms with van der Waals surface area (Å²) in [6.07, 6.45) is 1.68. The molecule has 0 bridgehead atoms. The van der Waals surface area contributed by atoms with Gasteiger partial charge in [-0.05, 0) is 44.9 Å². The second-order valence-electron chi connectivity index (χ2n) is 6.47. The third-order valence-corrected chi connectivity index (χ3v) is 5.99. The first kappa shape index (κ1) is 21.8. The van der Waals surface area contributed by atoms with Crippen molar-refractivity contribution in [2.24, 2.45) is 4.99 Å². The van der Waals surface area contributed by atoms with Gasteiger partial charge in [-0.3, -0.25) is 4.99 Å². The van der Waals surface area contributed by atoms with E-state index in [1.54, 1.807) is 6.92 Å². The van der Waals surface area contributed by atoms with Crippen LogP contribution in [0.25, 0.3) is 0 Å². The third kappa shape index (κ3) is 7.56. The van der Waals surface area contributed by atoms with Crippen molar-refractivity contribution < 1.29 is 8.42 Å².